The Labute approximate surface area is 226 Å². The van der Waals surface area contributed by atoms with E-state index in [1.165, 1.54) is 11.3 Å². The van der Waals surface area contributed by atoms with Crippen molar-refractivity contribution in [2.24, 2.45) is 11.8 Å². The minimum Gasteiger partial charge on any atom is -0.477 e. The van der Waals surface area contributed by atoms with E-state index in [0.717, 1.165) is 53.1 Å². The van der Waals surface area contributed by atoms with Crippen LogP contribution >= 0.6 is 11.3 Å². The van der Waals surface area contributed by atoms with Gasteiger partial charge in [0.25, 0.3) is 0 Å². The van der Waals surface area contributed by atoms with Crippen molar-refractivity contribution in [3.05, 3.63) is 53.0 Å². The lowest BCUT2D eigenvalue weighted by molar-refractivity contribution is -0.123. The molecule has 1 aliphatic carbocycles. The number of aromatic carboxylic acids is 1. The number of hydrogen-bond acceptors (Lipinski definition) is 6. The van der Waals surface area contributed by atoms with E-state index in [-0.39, 0.29) is 22.7 Å². The van der Waals surface area contributed by atoms with Crippen LogP contribution in [0.5, 0.6) is 0 Å². The number of carboxylic acids is 1. The van der Waals surface area contributed by atoms with Crippen LogP contribution in [0.25, 0.3) is 27.3 Å². The predicted molar refractivity (Wildman–Crippen MR) is 152 cm³/mol. The van der Waals surface area contributed by atoms with Crippen LogP contribution in [-0.2, 0) is 4.79 Å². The van der Waals surface area contributed by atoms with Crippen molar-refractivity contribution in [2.45, 2.75) is 59.4 Å². The van der Waals surface area contributed by atoms with Crippen molar-refractivity contribution >= 4 is 40.4 Å². The van der Waals surface area contributed by atoms with Gasteiger partial charge in [0.1, 0.15) is 10.7 Å². The second-order valence-electron chi connectivity index (χ2n) is 10.6. The Morgan fingerprint density at radius 1 is 1.08 bits per heavy atom. The number of thiophene rings is 1. The third-order valence-corrected chi connectivity index (χ3v) is 8.49. The molecule has 1 amide bonds. The quantitative estimate of drug-likeness (QED) is 0.303. The third kappa shape index (κ3) is 4.90. The highest BCUT2D eigenvalue weighted by Gasteiger charge is 2.33. The van der Waals surface area contributed by atoms with Gasteiger partial charge in [-0.2, -0.15) is 9.61 Å². The lowest BCUT2D eigenvalue weighted by atomic mass is 9.82. The average Bonchev–Trinajstić information content (AvgIpc) is 3.50. The molecule has 0 radical (unpaired) electrons. The fraction of sp³-hybridized carbons (Fsp3) is 0.379. The number of nitrogens with two attached hydrogens (primary N) is 1. The smallest absolute Gasteiger partial charge is 0.348 e. The molecule has 1 saturated carbocycles. The summed E-state index contributed by atoms with van der Waals surface area (Å²) in [5.41, 5.74) is 10.6. The number of rotatable bonds is 6. The van der Waals surface area contributed by atoms with Gasteiger partial charge in [-0.1, -0.05) is 31.2 Å². The number of aromatic nitrogens is 3. The molecule has 5 rings (SSSR count). The van der Waals surface area contributed by atoms with Gasteiger partial charge in [-0.3, -0.25) is 4.79 Å². The first-order valence-corrected chi connectivity index (χ1v) is 13.9. The third-order valence-electron chi connectivity index (χ3n) is 7.33. The molecular formula is C29H33N5O3S. The maximum absolute atomic E-state index is 13.6. The summed E-state index contributed by atoms with van der Waals surface area (Å²) in [5.74, 6) is 0.109. The first-order valence-electron chi connectivity index (χ1n) is 13.1. The first-order chi connectivity index (χ1) is 18.1. The Morgan fingerprint density at radius 3 is 2.37 bits per heavy atom. The molecule has 1 fully saturated rings. The van der Waals surface area contributed by atoms with Crippen molar-refractivity contribution in [3.8, 4) is 21.7 Å². The first kappa shape index (κ1) is 25.9. The Kier molecular flexibility index (Phi) is 6.96. The van der Waals surface area contributed by atoms with Gasteiger partial charge in [-0.05, 0) is 64.0 Å². The van der Waals surface area contributed by atoms with Crippen LogP contribution in [0.4, 0.5) is 11.5 Å². The van der Waals surface area contributed by atoms with Crippen LogP contribution in [0.15, 0.2) is 42.5 Å². The molecule has 1 aromatic carbocycles. The second kappa shape index (κ2) is 10.2. The van der Waals surface area contributed by atoms with Gasteiger partial charge in [0.2, 0.25) is 5.91 Å². The van der Waals surface area contributed by atoms with E-state index in [4.69, 9.17) is 5.73 Å². The topological polar surface area (TPSA) is 114 Å². The summed E-state index contributed by atoms with van der Waals surface area (Å²) in [6.07, 6.45) is 3.77. The Hall–Kier alpha value is -3.72. The van der Waals surface area contributed by atoms with Gasteiger partial charge >= 0.3 is 5.97 Å². The average molecular weight is 532 g/mol. The highest BCUT2D eigenvalue weighted by atomic mass is 32.1. The standard InChI is InChI=1S/C29H33N5O3S/c1-16(2)33(28(35)21-7-5-17(3)6-8-21)23-15-24(38-27(23)29(36)37)20-11-9-19(10-12-20)22-14-26-31-18(4)13-25(30)34(26)32-22/h9-17,21H,5-8,30H2,1-4H3,(H,36,37). The van der Waals surface area contributed by atoms with Gasteiger partial charge in [0.15, 0.2) is 5.65 Å². The molecule has 0 saturated heterocycles. The van der Waals surface area contributed by atoms with Gasteiger partial charge < -0.3 is 15.7 Å². The lowest BCUT2D eigenvalue weighted by Gasteiger charge is -2.33. The van der Waals surface area contributed by atoms with E-state index in [2.05, 4.69) is 17.0 Å². The van der Waals surface area contributed by atoms with E-state index in [0.29, 0.717) is 23.1 Å². The zero-order chi connectivity index (χ0) is 27.1. The molecule has 198 valence electrons. The number of carbonyl (C=O) groups excluding carboxylic acids is 1. The zero-order valence-corrected chi connectivity index (χ0v) is 23.0. The minimum absolute atomic E-state index is 0.0315. The van der Waals surface area contributed by atoms with E-state index in [1.807, 2.05) is 57.2 Å². The van der Waals surface area contributed by atoms with Crippen molar-refractivity contribution in [1.82, 2.24) is 14.6 Å². The number of anilines is 2. The van der Waals surface area contributed by atoms with Gasteiger partial charge in [0.05, 0.1) is 11.4 Å². The fourth-order valence-corrected chi connectivity index (χ4v) is 6.28. The summed E-state index contributed by atoms with van der Waals surface area (Å²) >= 11 is 1.20. The molecule has 4 aromatic rings. The Bertz CT molecular complexity index is 1500. The monoisotopic (exact) mass is 531 g/mol. The van der Waals surface area contributed by atoms with Crippen molar-refractivity contribution in [3.63, 3.8) is 0 Å². The molecule has 3 heterocycles. The van der Waals surface area contributed by atoms with E-state index in [9.17, 15) is 14.7 Å². The van der Waals surface area contributed by atoms with Crippen LogP contribution in [-0.4, -0.2) is 37.6 Å². The summed E-state index contributed by atoms with van der Waals surface area (Å²) in [5, 5.41) is 14.6. The number of benzene rings is 1. The second-order valence-corrected chi connectivity index (χ2v) is 11.6. The molecule has 0 bridgehead atoms. The lowest BCUT2D eigenvalue weighted by Crippen LogP contribution is -2.42. The number of hydrogen-bond donors (Lipinski definition) is 2. The van der Waals surface area contributed by atoms with Crippen LogP contribution in [0.3, 0.4) is 0 Å². The number of nitrogen functional groups attached to an aromatic ring is 1. The van der Waals surface area contributed by atoms with Crippen LogP contribution in [0.2, 0.25) is 0 Å². The van der Waals surface area contributed by atoms with Crippen molar-refractivity contribution < 1.29 is 14.7 Å². The molecule has 0 unspecified atom stereocenters. The maximum Gasteiger partial charge on any atom is 0.348 e. The molecule has 3 N–H and O–H groups in total. The summed E-state index contributed by atoms with van der Waals surface area (Å²) in [4.78, 5) is 33.0. The van der Waals surface area contributed by atoms with Gasteiger partial charge in [-0.15, -0.1) is 11.3 Å². The highest BCUT2D eigenvalue weighted by molar-refractivity contribution is 7.18. The summed E-state index contributed by atoms with van der Waals surface area (Å²) < 4.78 is 1.62. The van der Waals surface area contributed by atoms with E-state index >= 15 is 0 Å². The Morgan fingerprint density at radius 2 is 1.74 bits per heavy atom. The van der Waals surface area contributed by atoms with Crippen LogP contribution in [0.1, 0.15) is 61.8 Å². The van der Waals surface area contributed by atoms with Crippen molar-refractivity contribution in [1.29, 1.82) is 0 Å². The van der Waals surface area contributed by atoms with E-state index < -0.39 is 5.97 Å². The highest BCUT2D eigenvalue weighted by Crippen LogP contribution is 2.40. The van der Waals surface area contributed by atoms with Gasteiger partial charge in [-0.25, -0.2) is 9.78 Å². The van der Waals surface area contributed by atoms with Crippen molar-refractivity contribution in [2.75, 3.05) is 10.6 Å². The normalized spacial score (nSPS) is 17.7. The van der Waals surface area contributed by atoms with Crippen LogP contribution in [0, 0.1) is 18.8 Å². The number of nitrogens with zero attached hydrogens (tertiary/aromatic N) is 4. The van der Waals surface area contributed by atoms with Gasteiger partial charge in [0, 0.05) is 40.2 Å². The molecule has 0 aliphatic heterocycles. The van der Waals surface area contributed by atoms with Crippen LogP contribution < -0.4 is 10.6 Å². The largest absolute Gasteiger partial charge is 0.477 e. The molecule has 0 spiro atoms. The minimum atomic E-state index is -1.02. The number of carbonyl (C=O) groups is 2. The number of carboxylic acid groups (broad SMARTS) is 1. The SMILES string of the molecule is Cc1cc(N)n2nc(-c3ccc(-c4cc(N(C(=O)C5CCC(C)CC5)C(C)C)c(C(=O)O)s4)cc3)cc2n1. The summed E-state index contributed by atoms with van der Waals surface area (Å²) in [6.45, 7) is 8.00. The number of amides is 1. The zero-order valence-electron chi connectivity index (χ0n) is 22.1. The summed E-state index contributed by atoms with van der Waals surface area (Å²) in [6, 6.07) is 13.2. The number of aryl methyl sites for hydroxylation is 1. The van der Waals surface area contributed by atoms with E-state index in [1.54, 1.807) is 15.5 Å². The molecule has 0 atom stereocenters. The Balaban J connectivity index is 1.46. The fourth-order valence-electron chi connectivity index (χ4n) is 5.29. The summed E-state index contributed by atoms with van der Waals surface area (Å²) in [7, 11) is 0. The molecule has 8 nitrogen and oxygen atoms in total. The molecule has 1 aliphatic rings. The number of fused-ring (bicyclic) bond motifs is 1. The molecule has 9 heteroatoms. The molecule has 3 aromatic heterocycles. The predicted octanol–water partition coefficient (Wildman–Crippen LogP) is 6.28. The molecular weight excluding hydrogens is 498 g/mol. The maximum atomic E-state index is 13.6. The molecule has 38 heavy (non-hydrogen) atoms.